The van der Waals surface area contributed by atoms with Gasteiger partial charge in [0.05, 0.1) is 0 Å². The first-order valence-corrected chi connectivity index (χ1v) is 7.65. The molecule has 1 fully saturated rings. The molecule has 0 spiro atoms. The minimum absolute atomic E-state index is 0.109. The summed E-state index contributed by atoms with van der Waals surface area (Å²) in [7, 11) is 0. The highest BCUT2D eigenvalue weighted by atomic mass is 16.2. The first-order valence-electron chi connectivity index (χ1n) is 7.65. The van der Waals surface area contributed by atoms with Crippen molar-refractivity contribution in [2.24, 2.45) is 0 Å². The quantitative estimate of drug-likeness (QED) is 0.922. The Kier molecular flexibility index (Phi) is 5.37. The number of hydrogen-bond acceptors (Lipinski definition) is 2. The van der Waals surface area contributed by atoms with E-state index in [-0.39, 0.29) is 17.9 Å². The molecule has 0 atom stereocenters. The lowest BCUT2D eigenvalue weighted by atomic mass is 10.0. The largest absolute Gasteiger partial charge is 0.353 e. The SMILES string of the molecule is CC(=O)N1CCC(NC(=O)CCc2cccc(C)c2)CC1. The number of aryl methyl sites for hydroxylation is 2. The third-order valence-electron chi connectivity index (χ3n) is 4.03. The summed E-state index contributed by atoms with van der Waals surface area (Å²) in [5.74, 6) is 0.233. The molecule has 4 nitrogen and oxygen atoms in total. The van der Waals surface area contributed by atoms with Gasteiger partial charge in [-0.15, -0.1) is 0 Å². The van der Waals surface area contributed by atoms with E-state index in [1.807, 2.05) is 11.0 Å². The predicted molar refractivity (Wildman–Crippen MR) is 82.9 cm³/mol. The molecule has 1 aliphatic heterocycles. The Morgan fingerprint density at radius 2 is 2.00 bits per heavy atom. The zero-order valence-corrected chi connectivity index (χ0v) is 12.9. The van der Waals surface area contributed by atoms with Gasteiger partial charge < -0.3 is 10.2 Å². The van der Waals surface area contributed by atoms with Gasteiger partial charge in [0.2, 0.25) is 11.8 Å². The van der Waals surface area contributed by atoms with Crippen LogP contribution in [-0.2, 0) is 16.0 Å². The summed E-state index contributed by atoms with van der Waals surface area (Å²) in [4.78, 5) is 25.1. The molecule has 0 unspecified atom stereocenters. The van der Waals surface area contributed by atoms with Gasteiger partial charge in [-0.05, 0) is 31.7 Å². The van der Waals surface area contributed by atoms with Crippen molar-refractivity contribution in [2.45, 2.75) is 45.6 Å². The molecule has 1 saturated heterocycles. The van der Waals surface area contributed by atoms with Gasteiger partial charge in [0.15, 0.2) is 0 Å². The van der Waals surface area contributed by atoms with Crippen LogP contribution >= 0.6 is 0 Å². The van der Waals surface area contributed by atoms with E-state index in [4.69, 9.17) is 0 Å². The summed E-state index contributed by atoms with van der Waals surface area (Å²) in [6, 6.07) is 8.49. The van der Waals surface area contributed by atoms with Crippen LogP contribution in [-0.4, -0.2) is 35.8 Å². The van der Waals surface area contributed by atoms with Gasteiger partial charge in [-0.2, -0.15) is 0 Å². The number of piperidine rings is 1. The predicted octanol–water partition coefficient (Wildman–Crippen LogP) is 2.05. The van der Waals surface area contributed by atoms with Gasteiger partial charge in [0, 0.05) is 32.5 Å². The van der Waals surface area contributed by atoms with Crippen molar-refractivity contribution in [1.82, 2.24) is 10.2 Å². The smallest absolute Gasteiger partial charge is 0.220 e. The van der Waals surface area contributed by atoms with E-state index in [1.165, 1.54) is 11.1 Å². The minimum atomic E-state index is 0.109. The van der Waals surface area contributed by atoms with Crippen LogP contribution in [0.1, 0.15) is 37.3 Å². The number of nitrogens with zero attached hydrogens (tertiary/aromatic N) is 1. The molecule has 1 aromatic rings. The normalized spacial score (nSPS) is 15.8. The second-order valence-electron chi connectivity index (χ2n) is 5.84. The molecule has 0 bridgehead atoms. The van der Waals surface area contributed by atoms with Crippen LogP contribution in [0, 0.1) is 6.92 Å². The number of amides is 2. The maximum Gasteiger partial charge on any atom is 0.220 e. The number of hydrogen-bond donors (Lipinski definition) is 1. The van der Waals surface area contributed by atoms with E-state index < -0.39 is 0 Å². The first-order chi connectivity index (χ1) is 10.0. The zero-order chi connectivity index (χ0) is 15.2. The molecular formula is C17H24N2O2. The van der Waals surface area contributed by atoms with Crippen LogP contribution in [0.15, 0.2) is 24.3 Å². The highest BCUT2D eigenvalue weighted by Crippen LogP contribution is 2.11. The second kappa shape index (κ2) is 7.25. The van der Waals surface area contributed by atoms with Crippen molar-refractivity contribution in [2.75, 3.05) is 13.1 Å². The minimum Gasteiger partial charge on any atom is -0.353 e. The van der Waals surface area contributed by atoms with Crippen molar-refractivity contribution >= 4 is 11.8 Å². The van der Waals surface area contributed by atoms with Gasteiger partial charge in [-0.3, -0.25) is 9.59 Å². The number of carbonyl (C=O) groups is 2. The lowest BCUT2D eigenvalue weighted by Gasteiger charge is -2.31. The topological polar surface area (TPSA) is 49.4 Å². The van der Waals surface area contributed by atoms with Gasteiger partial charge in [-0.1, -0.05) is 29.8 Å². The lowest BCUT2D eigenvalue weighted by molar-refractivity contribution is -0.130. The Bertz CT molecular complexity index is 505. The molecule has 1 aromatic carbocycles. The fourth-order valence-corrected chi connectivity index (χ4v) is 2.76. The lowest BCUT2D eigenvalue weighted by Crippen LogP contribution is -2.46. The highest BCUT2D eigenvalue weighted by Gasteiger charge is 2.21. The average molecular weight is 288 g/mol. The number of carbonyl (C=O) groups excluding carboxylic acids is 2. The van der Waals surface area contributed by atoms with Crippen molar-refractivity contribution in [1.29, 1.82) is 0 Å². The number of rotatable bonds is 4. The van der Waals surface area contributed by atoms with Gasteiger partial charge in [0.1, 0.15) is 0 Å². The molecule has 1 aliphatic rings. The Hall–Kier alpha value is -1.84. The van der Waals surface area contributed by atoms with Crippen LogP contribution in [0.5, 0.6) is 0 Å². The first kappa shape index (κ1) is 15.5. The summed E-state index contributed by atoms with van der Waals surface area (Å²) < 4.78 is 0. The Labute approximate surface area is 126 Å². The standard InChI is InChI=1S/C17H24N2O2/c1-13-4-3-5-15(12-13)6-7-17(21)18-16-8-10-19(11-9-16)14(2)20/h3-5,12,16H,6-11H2,1-2H3,(H,18,21). The van der Waals surface area contributed by atoms with Crippen molar-refractivity contribution in [3.05, 3.63) is 35.4 Å². The molecule has 2 amide bonds. The van der Waals surface area contributed by atoms with Crippen LogP contribution in [0.25, 0.3) is 0 Å². The van der Waals surface area contributed by atoms with Crippen LogP contribution < -0.4 is 5.32 Å². The monoisotopic (exact) mass is 288 g/mol. The fraction of sp³-hybridized carbons (Fsp3) is 0.529. The molecule has 1 heterocycles. The van der Waals surface area contributed by atoms with E-state index in [2.05, 4.69) is 30.4 Å². The Balaban J connectivity index is 1.72. The average Bonchev–Trinajstić information content (AvgIpc) is 2.46. The van der Waals surface area contributed by atoms with E-state index in [1.54, 1.807) is 6.92 Å². The van der Waals surface area contributed by atoms with Gasteiger partial charge >= 0.3 is 0 Å². The fourth-order valence-electron chi connectivity index (χ4n) is 2.76. The molecular weight excluding hydrogens is 264 g/mol. The van der Waals surface area contributed by atoms with E-state index in [9.17, 15) is 9.59 Å². The molecule has 1 N–H and O–H groups in total. The molecule has 2 rings (SSSR count). The van der Waals surface area contributed by atoms with Gasteiger partial charge in [0.25, 0.3) is 0 Å². The summed E-state index contributed by atoms with van der Waals surface area (Å²) in [5.41, 5.74) is 2.43. The second-order valence-corrected chi connectivity index (χ2v) is 5.84. The number of likely N-dealkylation sites (tertiary alicyclic amines) is 1. The van der Waals surface area contributed by atoms with Crippen molar-refractivity contribution in [3.63, 3.8) is 0 Å². The zero-order valence-electron chi connectivity index (χ0n) is 12.9. The van der Waals surface area contributed by atoms with Crippen LogP contribution in [0.4, 0.5) is 0 Å². The third-order valence-corrected chi connectivity index (χ3v) is 4.03. The number of nitrogens with one attached hydrogen (secondary N) is 1. The van der Waals surface area contributed by atoms with Gasteiger partial charge in [-0.25, -0.2) is 0 Å². The molecule has 0 aromatic heterocycles. The van der Waals surface area contributed by atoms with E-state index >= 15 is 0 Å². The van der Waals surface area contributed by atoms with Crippen LogP contribution in [0.2, 0.25) is 0 Å². The summed E-state index contributed by atoms with van der Waals surface area (Å²) >= 11 is 0. The Morgan fingerprint density at radius 3 is 2.62 bits per heavy atom. The van der Waals surface area contributed by atoms with E-state index in [0.29, 0.717) is 6.42 Å². The van der Waals surface area contributed by atoms with Crippen molar-refractivity contribution in [3.8, 4) is 0 Å². The molecule has 4 heteroatoms. The molecule has 0 aliphatic carbocycles. The van der Waals surface area contributed by atoms with Crippen LogP contribution in [0.3, 0.4) is 0 Å². The summed E-state index contributed by atoms with van der Waals surface area (Å²) in [5, 5.41) is 3.09. The highest BCUT2D eigenvalue weighted by molar-refractivity contribution is 5.76. The number of benzene rings is 1. The summed E-state index contributed by atoms with van der Waals surface area (Å²) in [6.45, 7) is 5.16. The molecule has 0 saturated carbocycles. The van der Waals surface area contributed by atoms with E-state index in [0.717, 1.165) is 32.4 Å². The third kappa shape index (κ3) is 4.88. The maximum atomic E-state index is 12.0. The molecule has 21 heavy (non-hydrogen) atoms. The molecule has 0 radical (unpaired) electrons. The Morgan fingerprint density at radius 1 is 1.29 bits per heavy atom. The van der Waals surface area contributed by atoms with Crippen molar-refractivity contribution < 1.29 is 9.59 Å². The maximum absolute atomic E-state index is 12.0. The molecule has 114 valence electrons. The summed E-state index contributed by atoms with van der Waals surface area (Å²) in [6.07, 6.45) is 3.02.